The SMILES string of the molecule is [2H]c1c([2H])c([2H])c(-c2nc(-c3cc([Si](c4ccccc4)(c4ccccc4)c4ccccc4)cc([Si](c4ccccc4)(c4ccccc4)c4ccccc4)c3)nc(-n3c4c([2H])c([2H])c([2H])c([2H])c4c4c([2H])c([2H])c([2H])c([2H])c43)n2)c([2H])c1[2H]. The minimum atomic E-state index is -3.54. The third-order valence-corrected chi connectivity index (χ3v) is 22.4. The van der Waals surface area contributed by atoms with Gasteiger partial charge in [0.05, 0.1) is 28.9 Å². The van der Waals surface area contributed by atoms with Gasteiger partial charge in [0, 0.05) is 21.9 Å². The lowest BCUT2D eigenvalue weighted by Crippen LogP contribution is -2.78. The Morgan fingerprint density at radius 3 is 0.986 bits per heavy atom. The van der Waals surface area contributed by atoms with Gasteiger partial charge in [-0.05, 0) is 53.6 Å². The van der Waals surface area contributed by atoms with Crippen molar-refractivity contribution in [2.75, 3.05) is 0 Å². The van der Waals surface area contributed by atoms with Gasteiger partial charge in [0.25, 0.3) is 0 Å². The van der Waals surface area contributed by atoms with Gasteiger partial charge in [-0.2, -0.15) is 9.97 Å². The summed E-state index contributed by atoms with van der Waals surface area (Å²) in [6.45, 7) is 0. The Morgan fingerprint density at radius 1 is 0.304 bits per heavy atom. The third-order valence-electron chi connectivity index (χ3n) is 12.9. The van der Waals surface area contributed by atoms with Crippen LogP contribution in [0.2, 0.25) is 0 Å². The van der Waals surface area contributed by atoms with Crippen LogP contribution in [0.5, 0.6) is 0 Å². The highest BCUT2D eigenvalue weighted by Gasteiger charge is 2.46. The quantitative estimate of drug-likeness (QED) is 0.0962. The first-order valence-electron chi connectivity index (χ1n) is 29.0. The highest BCUT2D eigenvalue weighted by Crippen LogP contribution is 2.32. The Labute approximate surface area is 422 Å². The van der Waals surface area contributed by atoms with E-state index < -0.39 is 112 Å². The van der Waals surface area contributed by atoms with E-state index in [9.17, 15) is 8.22 Å². The normalized spacial score (nSPS) is 14.4. The molecule has 2 heterocycles. The summed E-state index contributed by atoms with van der Waals surface area (Å²) in [7, 11) is -7.07. The van der Waals surface area contributed by atoms with E-state index in [4.69, 9.17) is 24.5 Å². The van der Waals surface area contributed by atoms with Gasteiger partial charge in [-0.25, -0.2) is 4.98 Å². The van der Waals surface area contributed by atoms with E-state index in [0.29, 0.717) is 5.56 Å². The molecule has 10 aromatic carbocycles. The molecule has 0 bridgehead atoms. The average Bonchev–Trinajstić information content (AvgIpc) is 2.66. The summed E-state index contributed by atoms with van der Waals surface area (Å²) < 4.78 is 119. The Hall–Kier alpha value is -8.56. The largest absolute Gasteiger partial charge is 0.278 e. The smallest absolute Gasteiger partial charge is 0.238 e. The number of nitrogens with zero attached hydrogens (tertiary/aromatic N) is 4. The van der Waals surface area contributed by atoms with E-state index in [1.165, 1.54) is 0 Å². The van der Waals surface area contributed by atoms with Crippen LogP contribution in [0.3, 0.4) is 0 Å². The molecule has 0 aliphatic heterocycles. The summed E-state index contributed by atoms with van der Waals surface area (Å²) in [5.74, 6) is -0.902. The number of hydrogen-bond acceptors (Lipinski definition) is 3. The van der Waals surface area contributed by atoms with E-state index in [1.54, 1.807) is 0 Å². The molecule has 0 N–H and O–H groups in total. The molecule has 0 unspecified atom stereocenters. The Balaban J connectivity index is 1.33. The van der Waals surface area contributed by atoms with Gasteiger partial charge in [-0.15, -0.1) is 0 Å². The average molecular weight is 928 g/mol. The third kappa shape index (κ3) is 7.17. The lowest BCUT2D eigenvalue weighted by Gasteiger charge is -2.38. The number of fused-ring (bicyclic) bond motifs is 3. The van der Waals surface area contributed by atoms with Crippen molar-refractivity contribution in [1.82, 2.24) is 19.5 Å². The molecule has 0 aliphatic rings. The second-order valence-corrected chi connectivity index (χ2v) is 24.2. The standard InChI is InChI=1S/C63H46N4Si2/c1-8-26-47(27-9-1)61-64-62(66-63(65-61)67-59-42-24-22-40-57(59)58-41-23-25-43-60(58)67)48-44-55(68(49-28-10-2-11-29-49,50-30-12-3-13-31-50)51-32-14-4-15-33-51)46-56(45-48)69(52-34-16-5-17-35-52,53-36-18-6-19-37-53)54-38-20-7-21-39-54/h1-46H/i1D,8D,9D,22D,23D,24D,25D,26D,27D,40D,41D,42D,43D. The predicted octanol–water partition coefficient (Wildman–Crippen LogP) is 9.06. The van der Waals surface area contributed by atoms with E-state index in [-0.39, 0.29) is 27.6 Å². The Morgan fingerprint density at radius 2 is 0.623 bits per heavy atom. The highest BCUT2D eigenvalue weighted by molar-refractivity contribution is 7.22. The summed E-state index contributed by atoms with van der Waals surface area (Å²) >= 11 is 0. The topological polar surface area (TPSA) is 43.6 Å². The zero-order valence-electron chi connectivity index (χ0n) is 49.8. The number of hydrogen-bond donors (Lipinski definition) is 0. The first-order chi connectivity index (χ1) is 39.6. The first kappa shape index (κ1) is 30.0. The van der Waals surface area contributed by atoms with Crippen LogP contribution in [0.4, 0.5) is 0 Å². The van der Waals surface area contributed by atoms with E-state index in [2.05, 4.69) is 78.9 Å². The lowest BCUT2D eigenvalue weighted by molar-refractivity contribution is 0.953. The van der Waals surface area contributed by atoms with Crippen LogP contribution in [0.25, 0.3) is 50.5 Å². The van der Waals surface area contributed by atoms with E-state index >= 15 is 0 Å². The lowest BCUT2D eigenvalue weighted by atomic mass is 10.2. The van der Waals surface area contributed by atoms with Gasteiger partial charge in [-0.3, -0.25) is 4.57 Å². The van der Waals surface area contributed by atoms with Crippen LogP contribution in [0.15, 0.2) is 279 Å². The maximum absolute atomic E-state index is 9.44. The molecule has 0 fully saturated rings. The first-order valence-corrected chi connectivity index (χ1v) is 26.5. The monoisotopic (exact) mass is 927 g/mol. The molecule has 6 heteroatoms. The predicted molar refractivity (Wildman–Crippen MR) is 292 cm³/mol. The van der Waals surface area contributed by atoms with Crippen LogP contribution < -0.4 is 41.5 Å². The summed E-state index contributed by atoms with van der Waals surface area (Å²) in [5, 5.41) is 7.63. The number of para-hydroxylation sites is 2. The molecule has 0 saturated carbocycles. The van der Waals surface area contributed by atoms with Crippen LogP contribution in [-0.4, -0.2) is 35.7 Å². The summed E-state index contributed by atoms with van der Waals surface area (Å²) in [4.78, 5) is 15.2. The molecule has 0 spiro atoms. The second-order valence-electron chi connectivity index (χ2n) is 16.6. The molecule has 0 atom stereocenters. The van der Waals surface area contributed by atoms with Crippen molar-refractivity contribution in [3.8, 4) is 28.7 Å². The molecule has 69 heavy (non-hydrogen) atoms. The van der Waals surface area contributed by atoms with Gasteiger partial charge in [0.1, 0.15) is 0 Å². The van der Waals surface area contributed by atoms with Crippen molar-refractivity contribution in [2.24, 2.45) is 0 Å². The minimum Gasteiger partial charge on any atom is -0.278 e. The van der Waals surface area contributed by atoms with Crippen molar-refractivity contribution in [3.05, 3.63) is 279 Å². The minimum absolute atomic E-state index is 0.0826. The molecular weight excluding hydrogens is 869 g/mol. The van der Waals surface area contributed by atoms with Crippen molar-refractivity contribution in [1.29, 1.82) is 0 Å². The highest BCUT2D eigenvalue weighted by atomic mass is 28.3. The second kappa shape index (κ2) is 17.9. The molecule has 0 saturated heterocycles. The van der Waals surface area contributed by atoms with Gasteiger partial charge < -0.3 is 0 Å². The maximum Gasteiger partial charge on any atom is 0.238 e. The zero-order chi connectivity index (χ0) is 57.4. The van der Waals surface area contributed by atoms with Gasteiger partial charge in [-0.1, -0.05) is 267 Å². The molecular formula is C63H46N4Si2. The van der Waals surface area contributed by atoms with Crippen LogP contribution in [0, 0.1) is 0 Å². The Kier molecular flexibility index (Phi) is 7.78. The molecule has 4 nitrogen and oxygen atoms in total. The molecule has 2 aromatic heterocycles. The Bertz CT molecular complexity index is 4040. The van der Waals surface area contributed by atoms with Crippen LogP contribution in [-0.2, 0) is 0 Å². The molecule has 326 valence electrons. The van der Waals surface area contributed by atoms with Gasteiger partial charge in [0.15, 0.2) is 27.8 Å². The fourth-order valence-electron chi connectivity index (χ4n) is 10.0. The van der Waals surface area contributed by atoms with Crippen LogP contribution in [0.1, 0.15) is 17.8 Å². The summed E-state index contributed by atoms with van der Waals surface area (Å²) in [6, 6.07) is 60.3. The van der Waals surface area contributed by atoms with Crippen molar-refractivity contribution in [3.63, 3.8) is 0 Å². The summed E-state index contributed by atoms with van der Waals surface area (Å²) in [5.41, 5.74) is -0.563. The van der Waals surface area contributed by atoms with Crippen LogP contribution >= 0.6 is 0 Å². The molecule has 0 aliphatic carbocycles. The van der Waals surface area contributed by atoms with Crippen molar-refractivity contribution in [2.45, 2.75) is 0 Å². The molecule has 12 aromatic rings. The molecule has 12 rings (SSSR count). The van der Waals surface area contributed by atoms with Gasteiger partial charge in [0.2, 0.25) is 5.95 Å². The maximum atomic E-state index is 9.44. The molecule has 0 amide bonds. The number of rotatable bonds is 11. The fraction of sp³-hybridized carbons (Fsp3) is 0. The number of aromatic nitrogens is 4. The van der Waals surface area contributed by atoms with Crippen molar-refractivity contribution >= 4 is 79.4 Å². The fourth-order valence-corrected chi connectivity index (χ4v) is 19.8. The van der Waals surface area contributed by atoms with E-state index in [0.717, 1.165) is 46.1 Å². The molecule has 0 radical (unpaired) electrons. The zero-order valence-corrected chi connectivity index (χ0v) is 38.8. The van der Waals surface area contributed by atoms with Gasteiger partial charge >= 0.3 is 0 Å². The number of benzene rings is 10. The van der Waals surface area contributed by atoms with E-state index in [1.807, 2.05) is 121 Å². The van der Waals surface area contributed by atoms with Crippen molar-refractivity contribution < 1.29 is 17.8 Å². The summed E-state index contributed by atoms with van der Waals surface area (Å²) in [6.07, 6.45) is 0.